The first-order chi connectivity index (χ1) is 14.1. The van der Waals surface area contributed by atoms with E-state index in [2.05, 4.69) is 78.3 Å². The SMILES string of the molecule is C[C@H](C(=O)N1c2ccccc2C[C@@H]1C)N1CCN(C/C=C/c2ccccc2)CC1. The molecule has 4 heteroatoms. The Hall–Kier alpha value is -2.43. The Morgan fingerprint density at radius 2 is 1.72 bits per heavy atom. The molecule has 29 heavy (non-hydrogen) atoms. The number of carbonyl (C=O) groups is 1. The Morgan fingerprint density at radius 1 is 1.03 bits per heavy atom. The van der Waals surface area contributed by atoms with Crippen LogP contribution in [0.2, 0.25) is 0 Å². The number of nitrogens with zero attached hydrogens (tertiary/aromatic N) is 3. The summed E-state index contributed by atoms with van der Waals surface area (Å²) in [7, 11) is 0. The summed E-state index contributed by atoms with van der Waals surface area (Å²) in [5.74, 6) is 0.236. The van der Waals surface area contributed by atoms with Crippen LogP contribution in [0.3, 0.4) is 0 Å². The molecule has 0 spiro atoms. The minimum atomic E-state index is -0.0781. The maximum absolute atomic E-state index is 13.3. The first-order valence-corrected chi connectivity index (χ1v) is 10.7. The van der Waals surface area contributed by atoms with Crippen molar-refractivity contribution in [3.05, 3.63) is 71.8 Å². The second-order valence-electron chi connectivity index (χ2n) is 8.22. The molecule has 2 aliphatic rings. The maximum atomic E-state index is 13.3. The van der Waals surface area contributed by atoms with Gasteiger partial charge in [0.15, 0.2) is 0 Å². The number of piperazine rings is 1. The molecule has 2 atom stereocenters. The summed E-state index contributed by atoms with van der Waals surface area (Å²) in [4.78, 5) is 20.1. The Labute approximate surface area is 174 Å². The second kappa shape index (κ2) is 8.93. The van der Waals surface area contributed by atoms with Crippen LogP contribution in [0.5, 0.6) is 0 Å². The Kier molecular flexibility index (Phi) is 6.12. The Bertz CT molecular complexity index is 855. The van der Waals surface area contributed by atoms with Gasteiger partial charge in [-0.3, -0.25) is 14.6 Å². The molecule has 1 amide bonds. The molecular weight excluding hydrogens is 358 g/mol. The zero-order chi connectivity index (χ0) is 20.2. The van der Waals surface area contributed by atoms with E-state index in [0.29, 0.717) is 0 Å². The highest BCUT2D eigenvalue weighted by Crippen LogP contribution is 2.32. The van der Waals surface area contributed by atoms with Gasteiger partial charge in [0.05, 0.1) is 6.04 Å². The van der Waals surface area contributed by atoms with Crippen LogP contribution in [-0.4, -0.2) is 60.5 Å². The lowest BCUT2D eigenvalue weighted by atomic mass is 10.1. The molecule has 2 aliphatic heterocycles. The van der Waals surface area contributed by atoms with Gasteiger partial charge in [0.2, 0.25) is 5.91 Å². The third-order valence-electron chi connectivity index (χ3n) is 6.23. The van der Waals surface area contributed by atoms with Crippen LogP contribution in [0, 0.1) is 0 Å². The first kappa shape index (κ1) is 19.9. The zero-order valence-corrected chi connectivity index (χ0v) is 17.5. The number of benzene rings is 2. The average Bonchev–Trinajstić information content (AvgIpc) is 3.09. The largest absolute Gasteiger partial charge is 0.308 e. The van der Waals surface area contributed by atoms with Crippen LogP contribution in [-0.2, 0) is 11.2 Å². The molecule has 0 N–H and O–H groups in total. The van der Waals surface area contributed by atoms with E-state index < -0.39 is 0 Å². The minimum absolute atomic E-state index is 0.0781. The summed E-state index contributed by atoms with van der Waals surface area (Å²) in [6.45, 7) is 9.07. The zero-order valence-electron chi connectivity index (χ0n) is 17.5. The molecule has 0 radical (unpaired) electrons. The van der Waals surface area contributed by atoms with E-state index >= 15 is 0 Å². The van der Waals surface area contributed by atoms with Crippen molar-refractivity contribution >= 4 is 17.7 Å². The van der Waals surface area contributed by atoms with Crippen LogP contribution in [0.25, 0.3) is 6.08 Å². The van der Waals surface area contributed by atoms with Gasteiger partial charge >= 0.3 is 0 Å². The average molecular weight is 390 g/mol. The van der Waals surface area contributed by atoms with Crippen molar-refractivity contribution in [2.24, 2.45) is 0 Å². The van der Waals surface area contributed by atoms with Crippen LogP contribution >= 0.6 is 0 Å². The van der Waals surface area contributed by atoms with Crippen molar-refractivity contribution in [2.45, 2.75) is 32.4 Å². The lowest BCUT2D eigenvalue weighted by molar-refractivity contribution is -0.124. The number of amides is 1. The third-order valence-corrected chi connectivity index (χ3v) is 6.23. The van der Waals surface area contributed by atoms with Crippen LogP contribution in [0.4, 0.5) is 5.69 Å². The van der Waals surface area contributed by atoms with Crippen LogP contribution in [0.1, 0.15) is 25.0 Å². The summed E-state index contributed by atoms with van der Waals surface area (Å²) in [6.07, 6.45) is 5.38. The molecule has 1 saturated heterocycles. The highest BCUT2D eigenvalue weighted by atomic mass is 16.2. The fraction of sp³-hybridized carbons (Fsp3) is 0.400. The van der Waals surface area contributed by atoms with Gasteiger partial charge in [0.25, 0.3) is 0 Å². The number of hydrogen-bond acceptors (Lipinski definition) is 3. The van der Waals surface area contributed by atoms with Gasteiger partial charge in [0.1, 0.15) is 0 Å². The Morgan fingerprint density at radius 3 is 2.48 bits per heavy atom. The quantitative estimate of drug-likeness (QED) is 0.780. The summed E-state index contributed by atoms with van der Waals surface area (Å²) < 4.78 is 0. The van der Waals surface area contributed by atoms with E-state index in [-0.39, 0.29) is 18.0 Å². The molecule has 4 nitrogen and oxygen atoms in total. The minimum Gasteiger partial charge on any atom is -0.308 e. The summed E-state index contributed by atoms with van der Waals surface area (Å²) in [6, 6.07) is 18.9. The van der Waals surface area contributed by atoms with Gasteiger partial charge in [0, 0.05) is 44.5 Å². The van der Waals surface area contributed by atoms with Crippen LogP contribution < -0.4 is 4.90 Å². The molecule has 0 unspecified atom stereocenters. The van der Waals surface area contributed by atoms with Gasteiger partial charge in [-0.1, -0.05) is 60.7 Å². The lowest BCUT2D eigenvalue weighted by Gasteiger charge is -2.38. The molecule has 0 saturated carbocycles. The normalized spacial score (nSPS) is 21.4. The molecule has 0 aliphatic carbocycles. The van der Waals surface area contributed by atoms with Gasteiger partial charge in [-0.25, -0.2) is 0 Å². The molecule has 0 aromatic heterocycles. The molecule has 2 aromatic carbocycles. The van der Waals surface area contributed by atoms with E-state index in [9.17, 15) is 4.79 Å². The highest BCUT2D eigenvalue weighted by Gasteiger charge is 2.35. The number of hydrogen-bond donors (Lipinski definition) is 0. The van der Waals surface area contributed by atoms with Crippen molar-refractivity contribution in [2.75, 3.05) is 37.6 Å². The summed E-state index contributed by atoms with van der Waals surface area (Å²) in [5.41, 5.74) is 3.63. The molecular formula is C25H31N3O. The molecule has 1 fully saturated rings. The standard InChI is InChI=1S/C25H31N3O/c1-20-19-23-12-6-7-13-24(23)28(20)25(29)21(2)27-17-15-26(16-18-27)14-8-11-22-9-4-3-5-10-22/h3-13,20-21H,14-19H2,1-2H3/b11-8+/t20-,21+/m0/s1. The predicted octanol–water partition coefficient (Wildman–Crippen LogP) is 3.68. The fourth-order valence-corrected chi connectivity index (χ4v) is 4.49. The van der Waals surface area contributed by atoms with Crippen molar-refractivity contribution < 1.29 is 4.79 Å². The topological polar surface area (TPSA) is 26.8 Å². The van der Waals surface area contributed by atoms with Gasteiger partial charge in [-0.2, -0.15) is 0 Å². The smallest absolute Gasteiger partial charge is 0.244 e. The van der Waals surface area contributed by atoms with E-state index in [1.807, 2.05) is 17.0 Å². The van der Waals surface area contributed by atoms with Gasteiger partial charge in [-0.15, -0.1) is 0 Å². The van der Waals surface area contributed by atoms with E-state index in [4.69, 9.17) is 0 Å². The van der Waals surface area contributed by atoms with Crippen LogP contribution in [0.15, 0.2) is 60.7 Å². The number of rotatable bonds is 5. The monoisotopic (exact) mass is 389 g/mol. The Balaban J connectivity index is 1.30. The number of carbonyl (C=O) groups excluding carboxylic acids is 1. The van der Waals surface area contributed by atoms with Gasteiger partial charge < -0.3 is 4.90 Å². The summed E-state index contributed by atoms with van der Waals surface area (Å²) in [5, 5.41) is 0. The van der Waals surface area contributed by atoms with Crippen molar-refractivity contribution in [1.82, 2.24) is 9.80 Å². The van der Waals surface area contributed by atoms with Crippen molar-refractivity contribution in [3.8, 4) is 0 Å². The van der Waals surface area contributed by atoms with E-state index in [0.717, 1.165) is 44.8 Å². The first-order valence-electron chi connectivity index (χ1n) is 10.7. The summed E-state index contributed by atoms with van der Waals surface area (Å²) >= 11 is 0. The fourth-order valence-electron chi connectivity index (χ4n) is 4.49. The lowest BCUT2D eigenvalue weighted by Crippen LogP contribution is -2.55. The number of fused-ring (bicyclic) bond motifs is 1. The molecule has 2 aromatic rings. The predicted molar refractivity (Wildman–Crippen MR) is 120 cm³/mol. The number of anilines is 1. The van der Waals surface area contributed by atoms with Crippen molar-refractivity contribution in [3.63, 3.8) is 0 Å². The molecule has 0 bridgehead atoms. The van der Waals surface area contributed by atoms with E-state index in [1.165, 1.54) is 11.1 Å². The molecule has 152 valence electrons. The highest BCUT2D eigenvalue weighted by molar-refractivity contribution is 5.99. The second-order valence-corrected chi connectivity index (χ2v) is 8.22. The van der Waals surface area contributed by atoms with Gasteiger partial charge in [-0.05, 0) is 37.5 Å². The number of para-hydroxylation sites is 1. The van der Waals surface area contributed by atoms with E-state index in [1.54, 1.807) is 0 Å². The molecule has 4 rings (SSSR count). The molecule has 2 heterocycles. The van der Waals surface area contributed by atoms with Crippen molar-refractivity contribution in [1.29, 1.82) is 0 Å². The maximum Gasteiger partial charge on any atom is 0.244 e. The third kappa shape index (κ3) is 4.44.